The van der Waals surface area contributed by atoms with Crippen molar-refractivity contribution in [2.45, 2.75) is 15.2 Å². The van der Waals surface area contributed by atoms with E-state index in [-0.39, 0.29) is 0 Å². The molecule has 0 saturated carbocycles. The summed E-state index contributed by atoms with van der Waals surface area (Å²) in [5.74, 6) is 0. The average molecular weight is 733 g/mol. The predicted octanol–water partition coefficient (Wildman–Crippen LogP) is 14.6. The van der Waals surface area contributed by atoms with Gasteiger partial charge in [-0.1, -0.05) is 163 Å². The third-order valence-corrected chi connectivity index (χ3v) is 12.7. The molecule has 56 heavy (non-hydrogen) atoms. The summed E-state index contributed by atoms with van der Waals surface area (Å²) in [7, 11) is 0. The van der Waals surface area contributed by atoms with Crippen LogP contribution >= 0.6 is 11.8 Å². The molecule has 1 heterocycles. The maximum absolute atomic E-state index is 2.43. The van der Waals surface area contributed by atoms with E-state index < -0.39 is 5.41 Å². The van der Waals surface area contributed by atoms with Crippen LogP contribution in [0, 0.1) is 0 Å². The van der Waals surface area contributed by atoms with Gasteiger partial charge in [0.2, 0.25) is 0 Å². The van der Waals surface area contributed by atoms with E-state index in [4.69, 9.17) is 0 Å². The minimum Gasteiger partial charge on any atom is -0.310 e. The Balaban J connectivity index is 1.22. The highest BCUT2D eigenvalue weighted by Gasteiger charge is 2.51. The summed E-state index contributed by atoms with van der Waals surface area (Å²) in [6.45, 7) is 0. The van der Waals surface area contributed by atoms with Crippen molar-refractivity contribution in [3.8, 4) is 11.1 Å². The fraction of sp³-hybridized carbons (Fsp3) is 0.0189. The van der Waals surface area contributed by atoms with Crippen molar-refractivity contribution < 1.29 is 0 Å². The molecule has 0 bridgehead atoms. The summed E-state index contributed by atoms with van der Waals surface area (Å²) >= 11 is 1.91. The van der Waals surface area contributed by atoms with Crippen LogP contribution in [0.4, 0.5) is 34.1 Å². The Bertz CT molecular complexity index is 2810. The molecule has 0 N–H and O–H groups in total. The molecule has 1 unspecified atom stereocenters. The zero-order valence-corrected chi connectivity index (χ0v) is 31.4. The topological polar surface area (TPSA) is 6.48 Å². The molecule has 1 spiro atoms. The largest absolute Gasteiger partial charge is 0.310 e. The van der Waals surface area contributed by atoms with Crippen LogP contribution in [-0.4, -0.2) is 0 Å². The normalized spacial score (nSPS) is 14.8. The van der Waals surface area contributed by atoms with Gasteiger partial charge < -0.3 is 9.80 Å². The van der Waals surface area contributed by atoms with Crippen molar-refractivity contribution in [3.63, 3.8) is 0 Å². The number of anilines is 6. The van der Waals surface area contributed by atoms with Gasteiger partial charge in [0.1, 0.15) is 0 Å². The lowest BCUT2D eigenvalue weighted by atomic mass is 9.67. The second-order valence-electron chi connectivity index (χ2n) is 14.5. The molecular formula is C53H36N2S. The van der Waals surface area contributed by atoms with E-state index in [0.29, 0.717) is 0 Å². The first-order chi connectivity index (χ1) is 27.8. The molecule has 1 aliphatic heterocycles. The van der Waals surface area contributed by atoms with E-state index in [1.807, 2.05) is 11.8 Å². The molecule has 0 aromatic heterocycles. The summed E-state index contributed by atoms with van der Waals surface area (Å²) in [5, 5.41) is 2.54. The highest BCUT2D eigenvalue weighted by atomic mass is 32.2. The number of benzene rings is 9. The van der Waals surface area contributed by atoms with Crippen LogP contribution < -0.4 is 9.80 Å². The van der Waals surface area contributed by atoms with Crippen LogP contribution in [0.3, 0.4) is 0 Å². The average Bonchev–Trinajstić information content (AvgIpc) is 3.56. The van der Waals surface area contributed by atoms with E-state index in [9.17, 15) is 0 Å². The molecule has 9 aromatic carbocycles. The van der Waals surface area contributed by atoms with Crippen molar-refractivity contribution in [3.05, 3.63) is 241 Å². The molecule has 3 heteroatoms. The highest BCUT2D eigenvalue weighted by Crippen LogP contribution is 2.65. The second kappa shape index (κ2) is 13.2. The van der Waals surface area contributed by atoms with Crippen LogP contribution in [0.2, 0.25) is 0 Å². The Hall–Kier alpha value is -6.81. The minimum absolute atomic E-state index is 0.552. The molecular weight excluding hydrogens is 697 g/mol. The van der Waals surface area contributed by atoms with Gasteiger partial charge >= 0.3 is 0 Å². The smallest absolute Gasteiger partial charge is 0.0736 e. The van der Waals surface area contributed by atoms with Crippen LogP contribution in [-0.2, 0) is 5.41 Å². The van der Waals surface area contributed by atoms with Gasteiger partial charge in [0.05, 0.1) is 11.1 Å². The lowest BCUT2D eigenvalue weighted by Crippen LogP contribution is -2.32. The first-order valence-electron chi connectivity index (χ1n) is 19.2. The third kappa shape index (κ3) is 4.91. The summed E-state index contributed by atoms with van der Waals surface area (Å²) in [4.78, 5) is 7.38. The molecule has 264 valence electrons. The highest BCUT2D eigenvalue weighted by molar-refractivity contribution is 7.99. The SMILES string of the molecule is c1ccc(N(c2ccccc2)c2ccc3c(c2)Sc2c(ccc4ccccc24)C32c3ccccc3-c3c(N(c4ccccc4)c4ccccc4)cccc32)cc1. The molecule has 1 aliphatic carbocycles. The second-order valence-corrected chi connectivity index (χ2v) is 15.5. The Morgan fingerprint density at radius 3 is 1.55 bits per heavy atom. The van der Waals surface area contributed by atoms with Crippen LogP contribution in [0.25, 0.3) is 21.9 Å². The third-order valence-electron chi connectivity index (χ3n) is 11.5. The number of hydrogen-bond donors (Lipinski definition) is 0. The van der Waals surface area contributed by atoms with Gasteiger partial charge in [-0.15, -0.1) is 0 Å². The summed E-state index contributed by atoms with van der Waals surface area (Å²) < 4.78 is 0. The monoisotopic (exact) mass is 732 g/mol. The molecule has 9 aromatic rings. The predicted molar refractivity (Wildman–Crippen MR) is 235 cm³/mol. The first kappa shape index (κ1) is 32.6. The Kier molecular flexibility index (Phi) is 7.68. The maximum atomic E-state index is 2.43. The molecule has 0 radical (unpaired) electrons. The molecule has 2 nitrogen and oxygen atoms in total. The molecule has 0 saturated heterocycles. The first-order valence-corrected chi connectivity index (χ1v) is 20.0. The van der Waals surface area contributed by atoms with Crippen molar-refractivity contribution in [2.24, 2.45) is 0 Å². The van der Waals surface area contributed by atoms with Crippen molar-refractivity contribution in [2.75, 3.05) is 9.80 Å². The van der Waals surface area contributed by atoms with Gasteiger partial charge in [0.25, 0.3) is 0 Å². The van der Waals surface area contributed by atoms with E-state index >= 15 is 0 Å². The summed E-state index contributed by atoms with van der Waals surface area (Å²) in [6, 6.07) is 79.9. The molecule has 11 rings (SSSR count). The lowest BCUT2D eigenvalue weighted by molar-refractivity contribution is 0.726. The van der Waals surface area contributed by atoms with Crippen molar-refractivity contribution >= 4 is 56.7 Å². The Morgan fingerprint density at radius 1 is 0.357 bits per heavy atom. The molecule has 2 aliphatic rings. The minimum atomic E-state index is -0.552. The Morgan fingerprint density at radius 2 is 0.893 bits per heavy atom. The van der Waals surface area contributed by atoms with Gasteiger partial charge in [0, 0.05) is 43.8 Å². The number of para-hydroxylation sites is 4. The quantitative estimate of drug-likeness (QED) is 0.168. The van der Waals surface area contributed by atoms with Gasteiger partial charge in [0.15, 0.2) is 0 Å². The van der Waals surface area contributed by atoms with Crippen LogP contribution in [0.1, 0.15) is 22.3 Å². The zero-order chi connectivity index (χ0) is 37.1. The van der Waals surface area contributed by atoms with Crippen LogP contribution in [0.5, 0.6) is 0 Å². The lowest BCUT2D eigenvalue weighted by Gasteiger charge is -2.41. The van der Waals surface area contributed by atoms with E-state index in [1.54, 1.807) is 0 Å². The van der Waals surface area contributed by atoms with Crippen LogP contribution in [0.15, 0.2) is 228 Å². The van der Waals surface area contributed by atoms with Gasteiger partial charge in [-0.25, -0.2) is 0 Å². The van der Waals surface area contributed by atoms with E-state index in [1.165, 1.54) is 59.6 Å². The standard InChI is InChI=1S/C53H36N2S/c1-5-19-38(20-6-1)54(39-21-7-2-8-22-39)42-33-35-46-50(36-42)56-52-43-27-14-13-18-37(43)32-34-48(52)53(46)45-29-16-15-28-44(45)51-47(53)30-17-31-49(51)55(40-23-9-3-10-24-40)41-25-11-4-12-26-41/h1-36H. The molecule has 0 fully saturated rings. The summed E-state index contributed by atoms with van der Waals surface area (Å²) in [6.07, 6.45) is 0. The van der Waals surface area contributed by atoms with E-state index in [2.05, 4.69) is 228 Å². The van der Waals surface area contributed by atoms with Crippen molar-refractivity contribution in [1.29, 1.82) is 0 Å². The van der Waals surface area contributed by atoms with Gasteiger partial charge in [-0.2, -0.15) is 0 Å². The fourth-order valence-corrected chi connectivity index (χ4v) is 10.6. The number of rotatable bonds is 6. The Labute approximate surface area is 332 Å². The number of hydrogen-bond acceptors (Lipinski definition) is 3. The zero-order valence-electron chi connectivity index (χ0n) is 30.6. The molecule has 0 amide bonds. The number of nitrogens with zero attached hydrogens (tertiary/aromatic N) is 2. The summed E-state index contributed by atoms with van der Waals surface area (Å²) in [5.41, 5.74) is 14.1. The fourth-order valence-electron chi connectivity index (χ4n) is 9.21. The van der Waals surface area contributed by atoms with Gasteiger partial charge in [-0.05, 0) is 105 Å². The molecule has 1 atom stereocenters. The van der Waals surface area contributed by atoms with Crippen molar-refractivity contribution in [1.82, 2.24) is 0 Å². The maximum Gasteiger partial charge on any atom is 0.0736 e. The van der Waals surface area contributed by atoms with Gasteiger partial charge in [-0.3, -0.25) is 0 Å². The van der Waals surface area contributed by atoms with E-state index in [0.717, 1.165) is 28.4 Å². The number of fused-ring (bicyclic) bond motifs is 11.